The fraction of sp³-hybridized carbons (Fsp3) is 0.650. The molecule has 4 rings (SSSR count). The Morgan fingerprint density at radius 3 is 2.44 bits per heavy atom. The lowest BCUT2D eigenvalue weighted by molar-refractivity contribution is -0.235. The molecule has 0 radical (unpaired) electrons. The highest BCUT2D eigenvalue weighted by Gasteiger charge is 2.59. The second kappa shape index (κ2) is 6.83. The molecule has 3 saturated heterocycles. The number of carbonyl (C=O) groups is 1. The third kappa shape index (κ3) is 4.02. The number of ether oxygens (including phenoxy) is 6. The molecule has 0 spiro atoms. The van der Waals surface area contributed by atoms with Gasteiger partial charge in [-0.05, 0) is 33.3 Å². The molecule has 7 heteroatoms. The van der Waals surface area contributed by atoms with Crippen molar-refractivity contribution in [3.05, 3.63) is 35.9 Å². The standard InChI is InChI=1S/C20H26O7/c1-19(2)22-11-13(25-19)15-16(17-18(24-15)27-20(3,4)26-17)23-14(21)10-12-8-6-5-7-9-12/h5-9,13,15-18H,10-11H2,1-4H3/t13-,15-,16-,17-,18-/m1/s1. The van der Waals surface area contributed by atoms with Crippen LogP contribution in [0.4, 0.5) is 0 Å². The fourth-order valence-electron chi connectivity index (χ4n) is 3.77. The van der Waals surface area contributed by atoms with E-state index >= 15 is 0 Å². The van der Waals surface area contributed by atoms with Crippen molar-refractivity contribution in [2.75, 3.05) is 6.61 Å². The lowest BCUT2D eigenvalue weighted by atomic mass is 10.1. The first-order chi connectivity index (χ1) is 12.7. The lowest BCUT2D eigenvalue weighted by Gasteiger charge is -2.28. The van der Waals surface area contributed by atoms with Gasteiger partial charge in [-0.2, -0.15) is 0 Å². The smallest absolute Gasteiger partial charge is 0.310 e. The number of benzene rings is 1. The molecule has 0 aromatic heterocycles. The zero-order chi connectivity index (χ0) is 19.2. The van der Waals surface area contributed by atoms with Crippen molar-refractivity contribution in [3.8, 4) is 0 Å². The minimum atomic E-state index is -0.795. The van der Waals surface area contributed by atoms with E-state index in [4.69, 9.17) is 28.4 Å². The molecule has 0 amide bonds. The molecule has 0 bridgehead atoms. The minimum Gasteiger partial charge on any atom is -0.456 e. The number of hydrogen-bond donors (Lipinski definition) is 0. The minimum absolute atomic E-state index is 0.180. The first kappa shape index (κ1) is 18.8. The first-order valence-electron chi connectivity index (χ1n) is 9.29. The van der Waals surface area contributed by atoms with Crippen molar-refractivity contribution >= 4 is 5.97 Å². The van der Waals surface area contributed by atoms with Crippen LogP contribution in [0.15, 0.2) is 30.3 Å². The molecule has 0 N–H and O–H groups in total. The van der Waals surface area contributed by atoms with Crippen LogP contribution in [0.2, 0.25) is 0 Å². The summed E-state index contributed by atoms with van der Waals surface area (Å²) >= 11 is 0. The fourth-order valence-corrected chi connectivity index (χ4v) is 3.77. The van der Waals surface area contributed by atoms with Crippen molar-refractivity contribution in [2.45, 2.75) is 76.4 Å². The maximum Gasteiger partial charge on any atom is 0.310 e. The van der Waals surface area contributed by atoms with E-state index in [0.29, 0.717) is 6.61 Å². The summed E-state index contributed by atoms with van der Waals surface area (Å²) in [7, 11) is 0. The van der Waals surface area contributed by atoms with Gasteiger partial charge in [0.25, 0.3) is 0 Å². The van der Waals surface area contributed by atoms with E-state index in [2.05, 4.69) is 0 Å². The van der Waals surface area contributed by atoms with Gasteiger partial charge in [-0.3, -0.25) is 4.79 Å². The molecular formula is C20H26O7. The highest BCUT2D eigenvalue weighted by Crippen LogP contribution is 2.42. The average molecular weight is 378 g/mol. The van der Waals surface area contributed by atoms with Crippen molar-refractivity contribution in [1.29, 1.82) is 0 Å². The van der Waals surface area contributed by atoms with Crippen LogP contribution >= 0.6 is 0 Å². The van der Waals surface area contributed by atoms with E-state index in [-0.39, 0.29) is 18.5 Å². The quantitative estimate of drug-likeness (QED) is 0.744. The van der Waals surface area contributed by atoms with Gasteiger partial charge in [0.15, 0.2) is 30.1 Å². The summed E-state index contributed by atoms with van der Waals surface area (Å²) in [5.41, 5.74) is 0.889. The van der Waals surface area contributed by atoms with Gasteiger partial charge >= 0.3 is 5.97 Å². The van der Waals surface area contributed by atoms with Crippen LogP contribution in [0, 0.1) is 0 Å². The van der Waals surface area contributed by atoms with E-state index in [0.717, 1.165) is 5.56 Å². The summed E-state index contributed by atoms with van der Waals surface area (Å²) < 4.78 is 35.2. The SMILES string of the molecule is CC1(C)O[C@H]2O[C@H]([C@H]3COC(C)(C)O3)[C@@H](OC(=O)Cc3ccccc3)[C@H]2O1. The van der Waals surface area contributed by atoms with Crippen molar-refractivity contribution in [1.82, 2.24) is 0 Å². The third-order valence-corrected chi connectivity index (χ3v) is 4.88. The van der Waals surface area contributed by atoms with Gasteiger partial charge in [-0.25, -0.2) is 0 Å². The van der Waals surface area contributed by atoms with Crippen LogP contribution in [0.25, 0.3) is 0 Å². The lowest BCUT2D eigenvalue weighted by Crippen LogP contribution is -2.45. The van der Waals surface area contributed by atoms with Gasteiger partial charge in [0.05, 0.1) is 13.0 Å². The highest BCUT2D eigenvalue weighted by atomic mass is 16.8. The predicted molar refractivity (Wildman–Crippen MR) is 93.6 cm³/mol. The molecule has 3 aliphatic heterocycles. The molecule has 5 atom stereocenters. The van der Waals surface area contributed by atoms with Gasteiger partial charge in [0.1, 0.15) is 12.2 Å². The summed E-state index contributed by atoms with van der Waals surface area (Å²) in [5, 5.41) is 0. The topological polar surface area (TPSA) is 72.5 Å². The van der Waals surface area contributed by atoms with Crippen LogP contribution in [-0.4, -0.2) is 54.9 Å². The van der Waals surface area contributed by atoms with Crippen LogP contribution < -0.4 is 0 Å². The van der Waals surface area contributed by atoms with E-state index in [1.54, 1.807) is 0 Å². The zero-order valence-corrected chi connectivity index (χ0v) is 16.0. The molecular weight excluding hydrogens is 352 g/mol. The van der Waals surface area contributed by atoms with E-state index in [9.17, 15) is 4.79 Å². The van der Waals surface area contributed by atoms with Crippen LogP contribution in [0.1, 0.15) is 33.3 Å². The van der Waals surface area contributed by atoms with Crippen molar-refractivity contribution in [3.63, 3.8) is 0 Å². The zero-order valence-electron chi connectivity index (χ0n) is 16.0. The normalized spacial score (nSPS) is 36.5. The molecule has 0 aliphatic carbocycles. The van der Waals surface area contributed by atoms with Crippen LogP contribution in [0.3, 0.4) is 0 Å². The maximum atomic E-state index is 12.6. The Kier molecular flexibility index (Phi) is 4.76. The first-order valence-corrected chi connectivity index (χ1v) is 9.29. The summed E-state index contributed by atoms with van der Waals surface area (Å²) in [6.07, 6.45) is -2.44. The van der Waals surface area contributed by atoms with Crippen LogP contribution in [0.5, 0.6) is 0 Å². The van der Waals surface area contributed by atoms with E-state index in [1.807, 2.05) is 58.0 Å². The predicted octanol–water partition coefficient (Wildman–Crippen LogP) is 2.17. The number of carbonyl (C=O) groups excluding carboxylic acids is 1. The Morgan fingerprint density at radius 1 is 1.04 bits per heavy atom. The summed E-state index contributed by atoms with van der Waals surface area (Å²) in [6.45, 7) is 7.66. The van der Waals surface area contributed by atoms with E-state index in [1.165, 1.54) is 0 Å². The molecule has 1 aromatic carbocycles. The molecule has 148 valence electrons. The van der Waals surface area contributed by atoms with Gasteiger partial charge in [-0.15, -0.1) is 0 Å². The molecule has 3 fully saturated rings. The average Bonchev–Trinajstić information content (AvgIpc) is 3.19. The third-order valence-electron chi connectivity index (χ3n) is 4.88. The highest BCUT2D eigenvalue weighted by molar-refractivity contribution is 5.72. The summed E-state index contributed by atoms with van der Waals surface area (Å²) in [4.78, 5) is 12.6. The maximum absolute atomic E-state index is 12.6. The second-order valence-corrected chi connectivity index (χ2v) is 8.05. The monoisotopic (exact) mass is 378 g/mol. The Balaban J connectivity index is 1.49. The van der Waals surface area contributed by atoms with Gasteiger partial charge in [0, 0.05) is 0 Å². The van der Waals surface area contributed by atoms with Crippen LogP contribution in [-0.2, 0) is 39.6 Å². The number of esters is 1. The molecule has 7 nitrogen and oxygen atoms in total. The molecule has 0 unspecified atom stereocenters. The Bertz CT molecular complexity index is 687. The molecule has 27 heavy (non-hydrogen) atoms. The Hall–Kier alpha value is -1.51. The van der Waals surface area contributed by atoms with Gasteiger partial charge in [0.2, 0.25) is 0 Å². The number of hydrogen-bond acceptors (Lipinski definition) is 7. The summed E-state index contributed by atoms with van der Waals surface area (Å²) in [6, 6.07) is 9.47. The number of rotatable bonds is 4. The summed E-state index contributed by atoms with van der Waals surface area (Å²) in [5.74, 6) is -1.84. The molecule has 3 aliphatic rings. The molecule has 1 aromatic rings. The Morgan fingerprint density at radius 2 is 1.78 bits per heavy atom. The van der Waals surface area contributed by atoms with E-state index < -0.39 is 36.2 Å². The Labute approximate surface area is 158 Å². The van der Waals surface area contributed by atoms with Gasteiger partial charge in [-0.1, -0.05) is 30.3 Å². The van der Waals surface area contributed by atoms with Gasteiger partial charge < -0.3 is 28.4 Å². The molecule has 0 saturated carbocycles. The van der Waals surface area contributed by atoms with Crippen molar-refractivity contribution in [2.24, 2.45) is 0 Å². The molecule has 3 heterocycles. The van der Waals surface area contributed by atoms with Crippen molar-refractivity contribution < 1.29 is 33.2 Å². The number of fused-ring (bicyclic) bond motifs is 1. The largest absolute Gasteiger partial charge is 0.456 e. The second-order valence-electron chi connectivity index (χ2n) is 8.05.